The maximum absolute atomic E-state index is 6.13. The molecule has 0 bridgehead atoms. The Morgan fingerprint density at radius 3 is 2.10 bits per heavy atom. The maximum Gasteiger partial charge on any atom is 0.162 e. The van der Waals surface area contributed by atoms with Crippen LogP contribution in [0.3, 0.4) is 0 Å². The number of rotatable bonds is 5. The van der Waals surface area contributed by atoms with Gasteiger partial charge in [0.05, 0.1) is 32.4 Å². The smallest absolute Gasteiger partial charge is 0.162 e. The summed E-state index contributed by atoms with van der Waals surface area (Å²) in [4.78, 5) is 6.95. The fourth-order valence-corrected chi connectivity index (χ4v) is 3.57. The van der Waals surface area contributed by atoms with E-state index in [1.54, 1.807) is 21.3 Å². The Bertz CT molecular complexity index is 1140. The van der Waals surface area contributed by atoms with Crippen LogP contribution in [0.5, 0.6) is 17.2 Å². The predicted molar refractivity (Wildman–Crippen MR) is 115 cm³/mol. The monoisotopic (exact) mass is 408 g/mol. The van der Waals surface area contributed by atoms with Gasteiger partial charge in [0.25, 0.3) is 0 Å². The van der Waals surface area contributed by atoms with E-state index in [2.05, 4.69) is 4.90 Å². The molecule has 0 N–H and O–H groups in total. The first kappa shape index (κ1) is 19.2. The number of halogens is 1. The second kappa shape index (κ2) is 8.05. The molecule has 148 valence electrons. The van der Waals surface area contributed by atoms with Crippen LogP contribution < -0.4 is 29.7 Å². The molecule has 0 saturated heterocycles. The molecular weight excluding hydrogens is 388 g/mol. The lowest BCUT2D eigenvalue weighted by molar-refractivity contribution is 0.354. The minimum atomic E-state index is 0.479. The molecule has 1 aliphatic rings. The Kier molecular flexibility index (Phi) is 5.32. The second-order valence-electron chi connectivity index (χ2n) is 6.51. The molecule has 6 heteroatoms. The van der Waals surface area contributed by atoms with Crippen molar-refractivity contribution in [2.45, 2.75) is 0 Å². The van der Waals surface area contributed by atoms with Gasteiger partial charge in [-0.25, -0.2) is 0 Å². The predicted octanol–water partition coefficient (Wildman–Crippen LogP) is 3.62. The third kappa shape index (κ3) is 3.61. The van der Waals surface area contributed by atoms with Gasteiger partial charge in [0.2, 0.25) is 0 Å². The van der Waals surface area contributed by atoms with Gasteiger partial charge in [-0.15, -0.1) is 0 Å². The van der Waals surface area contributed by atoms with Gasteiger partial charge in [0.15, 0.2) is 11.5 Å². The molecule has 0 amide bonds. The van der Waals surface area contributed by atoms with Crippen LogP contribution in [0, 0.1) is 0 Å². The molecular formula is C23H21ClN2O3. The van der Waals surface area contributed by atoms with Crippen molar-refractivity contribution < 1.29 is 14.2 Å². The van der Waals surface area contributed by atoms with E-state index in [-0.39, 0.29) is 0 Å². The topological polar surface area (TPSA) is 43.3 Å². The summed E-state index contributed by atoms with van der Waals surface area (Å²) in [6.45, 7) is 0.479. The van der Waals surface area contributed by atoms with Crippen LogP contribution in [0.25, 0.3) is 5.70 Å². The van der Waals surface area contributed by atoms with E-state index in [9.17, 15) is 0 Å². The van der Waals surface area contributed by atoms with Crippen LogP contribution in [-0.4, -0.2) is 28.0 Å². The molecule has 0 aromatic heterocycles. The van der Waals surface area contributed by atoms with Gasteiger partial charge in [-0.2, -0.15) is 0 Å². The zero-order valence-corrected chi connectivity index (χ0v) is 17.2. The van der Waals surface area contributed by atoms with Crippen molar-refractivity contribution in [2.75, 3.05) is 32.9 Å². The third-order valence-corrected chi connectivity index (χ3v) is 5.16. The molecule has 0 fully saturated rings. The van der Waals surface area contributed by atoms with Gasteiger partial charge in [0.1, 0.15) is 12.4 Å². The lowest BCUT2D eigenvalue weighted by Crippen LogP contribution is -2.41. The number of fused-ring (bicyclic) bond motifs is 1. The SMILES string of the molecule is COc1ccc(N2CN=c3cc(OC)c(OC)cc3=C2c2ccc(Cl)cc2)cc1. The van der Waals surface area contributed by atoms with Crippen LogP contribution in [0.1, 0.15) is 5.56 Å². The largest absolute Gasteiger partial charge is 0.497 e. The number of hydrogen-bond acceptors (Lipinski definition) is 5. The molecule has 4 rings (SSSR count). The molecule has 5 nitrogen and oxygen atoms in total. The van der Waals surface area contributed by atoms with Crippen LogP contribution in [-0.2, 0) is 0 Å². The summed E-state index contributed by atoms with van der Waals surface area (Å²) in [6.07, 6.45) is 0. The fraction of sp³-hybridized carbons (Fsp3) is 0.174. The summed E-state index contributed by atoms with van der Waals surface area (Å²) in [5, 5.41) is 2.52. The van der Waals surface area contributed by atoms with Crippen molar-refractivity contribution in [1.82, 2.24) is 0 Å². The minimum Gasteiger partial charge on any atom is -0.497 e. The fourth-order valence-electron chi connectivity index (χ4n) is 3.44. The molecule has 0 radical (unpaired) electrons. The van der Waals surface area contributed by atoms with E-state index in [4.69, 9.17) is 30.8 Å². The summed E-state index contributed by atoms with van der Waals surface area (Å²) < 4.78 is 16.3. The number of nitrogens with zero attached hydrogens (tertiary/aromatic N) is 2. The summed E-state index contributed by atoms with van der Waals surface area (Å²) >= 11 is 6.13. The zero-order valence-electron chi connectivity index (χ0n) is 16.5. The van der Waals surface area contributed by atoms with Crippen LogP contribution in [0.2, 0.25) is 5.02 Å². The molecule has 1 aliphatic heterocycles. The molecule has 0 atom stereocenters. The summed E-state index contributed by atoms with van der Waals surface area (Å²) in [6, 6.07) is 19.6. The average molecular weight is 409 g/mol. The number of hydrogen-bond donors (Lipinski definition) is 0. The highest BCUT2D eigenvalue weighted by Crippen LogP contribution is 2.29. The minimum absolute atomic E-state index is 0.479. The number of anilines is 1. The summed E-state index contributed by atoms with van der Waals surface area (Å²) in [5.74, 6) is 2.12. The second-order valence-corrected chi connectivity index (χ2v) is 6.94. The van der Waals surface area contributed by atoms with E-state index >= 15 is 0 Å². The first-order chi connectivity index (χ1) is 14.1. The summed E-state index contributed by atoms with van der Waals surface area (Å²) in [7, 11) is 4.92. The van der Waals surface area contributed by atoms with Crippen LogP contribution in [0.4, 0.5) is 5.69 Å². The summed E-state index contributed by atoms with van der Waals surface area (Å²) in [5.41, 5.74) is 3.08. The van der Waals surface area contributed by atoms with E-state index in [1.165, 1.54) is 0 Å². The first-order valence-corrected chi connectivity index (χ1v) is 9.50. The van der Waals surface area contributed by atoms with Crippen molar-refractivity contribution >= 4 is 23.0 Å². The highest BCUT2D eigenvalue weighted by atomic mass is 35.5. The van der Waals surface area contributed by atoms with Crippen molar-refractivity contribution in [3.05, 3.63) is 81.8 Å². The Morgan fingerprint density at radius 1 is 0.828 bits per heavy atom. The van der Waals surface area contributed by atoms with Crippen molar-refractivity contribution in [2.24, 2.45) is 4.99 Å². The van der Waals surface area contributed by atoms with E-state index < -0.39 is 0 Å². The molecule has 3 aromatic carbocycles. The van der Waals surface area contributed by atoms with Gasteiger partial charge >= 0.3 is 0 Å². The standard InChI is InChI=1S/C23H21ClN2O3/c1-27-18-10-8-17(9-11-18)26-14-25-20-13-22(29-3)21(28-2)12-19(20)23(26)15-4-6-16(24)7-5-15/h4-13H,14H2,1-3H3. The molecule has 0 saturated carbocycles. The Hall–Kier alpha value is -3.18. The molecule has 29 heavy (non-hydrogen) atoms. The Morgan fingerprint density at radius 2 is 1.48 bits per heavy atom. The number of methoxy groups -OCH3 is 3. The van der Waals surface area contributed by atoms with Gasteiger partial charge in [-0.3, -0.25) is 4.99 Å². The van der Waals surface area contributed by atoms with E-state index in [0.717, 1.165) is 33.3 Å². The van der Waals surface area contributed by atoms with Crippen molar-refractivity contribution in [3.63, 3.8) is 0 Å². The van der Waals surface area contributed by atoms with E-state index in [0.29, 0.717) is 23.2 Å². The lowest BCUT2D eigenvalue weighted by atomic mass is 10.0. The molecule has 1 heterocycles. The van der Waals surface area contributed by atoms with Crippen LogP contribution >= 0.6 is 11.6 Å². The normalized spacial score (nSPS) is 12.8. The van der Waals surface area contributed by atoms with E-state index in [1.807, 2.05) is 60.7 Å². The first-order valence-electron chi connectivity index (χ1n) is 9.13. The number of ether oxygens (including phenoxy) is 3. The van der Waals surface area contributed by atoms with Gasteiger partial charge in [0, 0.05) is 22.0 Å². The van der Waals surface area contributed by atoms with Gasteiger partial charge in [-0.1, -0.05) is 23.7 Å². The number of benzene rings is 3. The quantitative estimate of drug-likeness (QED) is 0.646. The molecule has 0 spiro atoms. The average Bonchev–Trinajstić information content (AvgIpc) is 2.78. The van der Waals surface area contributed by atoms with Gasteiger partial charge in [-0.05, 0) is 48.0 Å². The van der Waals surface area contributed by atoms with Crippen molar-refractivity contribution in [3.8, 4) is 17.2 Å². The molecule has 0 unspecified atom stereocenters. The van der Waals surface area contributed by atoms with Crippen molar-refractivity contribution in [1.29, 1.82) is 0 Å². The highest BCUT2D eigenvalue weighted by Gasteiger charge is 2.20. The zero-order chi connectivity index (χ0) is 20.4. The molecule has 3 aromatic rings. The Labute approximate surface area is 174 Å². The Balaban J connectivity index is 1.98. The van der Waals surface area contributed by atoms with Crippen LogP contribution in [0.15, 0.2) is 65.7 Å². The third-order valence-electron chi connectivity index (χ3n) is 4.91. The highest BCUT2D eigenvalue weighted by molar-refractivity contribution is 6.30. The molecule has 0 aliphatic carbocycles. The van der Waals surface area contributed by atoms with Gasteiger partial charge < -0.3 is 19.1 Å². The maximum atomic E-state index is 6.13. The lowest BCUT2D eigenvalue weighted by Gasteiger charge is -2.29.